The molecule has 2 fully saturated rings. The van der Waals surface area contributed by atoms with Gasteiger partial charge in [-0.2, -0.15) is 11.8 Å². The monoisotopic (exact) mass is 367 g/mol. The Balaban J connectivity index is 1.71. The van der Waals surface area contributed by atoms with Gasteiger partial charge in [-0.05, 0) is 37.9 Å². The second kappa shape index (κ2) is 7.04. The highest BCUT2D eigenvalue weighted by molar-refractivity contribution is 7.99. The molecule has 7 heteroatoms. The first-order valence-corrected chi connectivity index (χ1v) is 10.6. The maximum Gasteiger partial charge on any atom is 0.236 e. The van der Waals surface area contributed by atoms with Crippen molar-refractivity contribution in [2.45, 2.75) is 50.9 Å². The van der Waals surface area contributed by atoms with E-state index in [0.29, 0.717) is 12.6 Å². The predicted octanol–water partition coefficient (Wildman–Crippen LogP) is 2.62. The van der Waals surface area contributed by atoms with E-state index in [9.17, 15) is 9.59 Å². The topological polar surface area (TPSA) is 53.5 Å². The van der Waals surface area contributed by atoms with Gasteiger partial charge in [-0.15, -0.1) is 11.3 Å². The van der Waals surface area contributed by atoms with Crippen LogP contribution in [0.1, 0.15) is 38.1 Å². The lowest BCUT2D eigenvalue weighted by atomic mass is 9.92. The van der Waals surface area contributed by atoms with Crippen LogP contribution in [0, 0.1) is 5.41 Å². The first kappa shape index (κ1) is 17.7. The fraction of sp³-hybridized carbons (Fsp3) is 0.706. The highest BCUT2D eigenvalue weighted by Crippen LogP contribution is 2.57. The predicted molar refractivity (Wildman–Crippen MR) is 98.0 cm³/mol. The summed E-state index contributed by atoms with van der Waals surface area (Å²) in [6, 6.07) is 0.303. The number of hydrogen-bond acceptors (Lipinski definition) is 5. The number of rotatable bonds is 5. The summed E-state index contributed by atoms with van der Waals surface area (Å²) in [4.78, 5) is 32.8. The second-order valence-corrected chi connectivity index (χ2v) is 9.02. The molecule has 132 valence electrons. The van der Waals surface area contributed by atoms with E-state index < -0.39 is 0 Å². The van der Waals surface area contributed by atoms with Crippen molar-refractivity contribution in [3.05, 3.63) is 16.6 Å². The summed E-state index contributed by atoms with van der Waals surface area (Å²) in [5.74, 6) is 0.377. The van der Waals surface area contributed by atoms with Crippen LogP contribution >= 0.6 is 23.1 Å². The molecule has 1 saturated heterocycles. The number of thioether (sulfide) groups is 1. The molecular weight excluding hydrogens is 342 g/mol. The third-order valence-corrected chi connectivity index (χ3v) is 7.17. The van der Waals surface area contributed by atoms with Crippen LogP contribution in [0.5, 0.6) is 0 Å². The highest BCUT2D eigenvalue weighted by atomic mass is 32.2. The van der Waals surface area contributed by atoms with Crippen LogP contribution in [-0.2, 0) is 16.1 Å². The molecule has 1 aliphatic carbocycles. The van der Waals surface area contributed by atoms with Crippen molar-refractivity contribution in [3.63, 3.8) is 0 Å². The standard InChI is InChI=1S/C17H25N3O2S2/c1-12(23-3)16(22)20(11-15-18-6-9-24-15)14-10-17(14)4-7-19(8-5-17)13(2)21/h6,9,12,14H,4-5,7-8,10-11H2,1-3H3. The normalized spacial score (nSPS) is 23.1. The number of nitrogens with zero attached hydrogens (tertiary/aromatic N) is 3. The van der Waals surface area contributed by atoms with Gasteiger partial charge in [-0.1, -0.05) is 0 Å². The summed E-state index contributed by atoms with van der Waals surface area (Å²) < 4.78 is 0. The zero-order valence-corrected chi connectivity index (χ0v) is 16.2. The molecule has 0 N–H and O–H groups in total. The Hall–Kier alpha value is -1.08. The van der Waals surface area contributed by atoms with Gasteiger partial charge < -0.3 is 9.80 Å². The van der Waals surface area contributed by atoms with Crippen LogP contribution in [0.3, 0.4) is 0 Å². The maximum absolute atomic E-state index is 12.9. The lowest BCUT2D eigenvalue weighted by Gasteiger charge is -2.34. The molecule has 3 rings (SSSR count). The molecule has 1 aromatic rings. The highest BCUT2D eigenvalue weighted by Gasteiger charge is 2.59. The van der Waals surface area contributed by atoms with E-state index in [4.69, 9.17) is 0 Å². The molecule has 0 bridgehead atoms. The molecule has 0 radical (unpaired) electrons. The van der Waals surface area contributed by atoms with Gasteiger partial charge in [0.2, 0.25) is 11.8 Å². The van der Waals surface area contributed by atoms with Crippen molar-refractivity contribution < 1.29 is 9.59 Å². The van der Waals surface area contributed by atoms with Gasteiger partial charge in [0.25, 0.3) is 0 Å². The van der Waals surface area contributed by atoms with Gasteiger partial charge in [-0.3, -0.25) is 9.59 Å². The lowest BCUT2D eigenvalue weighted by Crippen LogP contribution is -2.43. The van der Waals surface area contributed by atoms with Crippen molar-refractivity contribution in [2.75, 3.05) is 19.3 Å². The van der Waals surface area contributed by atoms with Crippen LogP contribution in [0.2, 0.25) is 0 Å². The summed E-state index contributed by atoms with van der Waals surface area (Å²) in [7, 11) is 0. The Morgan fingerprint density at radius 2 is 2.21 bits per heavy atom. The van der Waals surface area contributed by atoms with E-state index in [2.05, 4.69) is 9.88 Å². The number of carbonyl (C=O) groups excluding carboxylic acids is 2. The number of carbonyl (C=O) groups is 2. The Morgan fingerprint density at radius 3 is 2.75 bits per heavy atom. The molecule has 24 heavy (non-hydrogen) atoms. The van der Waals surface area contributed by atoms with Crippen molar-refractivity contribution in [2.24, 2.45) is 5.41 Å². The average molecular weight is 368 g/mol. The van der Waals surface area contributed by atoms with Gasteiger partial charge in [0.1, 0.15) is 5.01 Å². The summed E-state index contributed by atoms with van der Waals surface area (Å²) in [5, 5.41) is 2.93. The SMILES string of the molecule is CSC(C)C(=O)N(Cc1nccs1)C1CC12CCN(C(C)=O)CC2. The number of hydrogen-bond donors (Lipinski definition) is 0. The quantitative estimate of drug-likeness (QED) is 0.803. The Morgan fingerprint density at radius 1 is 1.50 bits per heavy atom. The van der Waals surface area contributed by atoms with Gasteiger partial charge >= 0.3 is 0 Å². The molecular formula is C17H25N3O2S2. The number of amides is 2. The molecule has 2 aliphatic rings. The van der Waals surface area contributed by atoms with Crippen LogP contribution < -0.4 is 0 Å². The Kier molecular flexibility index (Phi) is 5.20. The van der Waals surface area contributed by atoms with Gasteiger partial charge in [0.15, 0.2) is 0 Å². The van der Waals surface area contributed by atoms with Crippen LogP contribution in [-0.4, -0.2) is 57.2 Å². The first-order valence-electron chi connectivity index (χ1n) is 8.44. The number of piperidine rings is 1. The molecule has 1 aliphatic heterocycles. The van der Waals surface area contributed by atoms with Crippen molar-refractivity contribution in [3.8, 4) is 0 Å². The van der Waals surface area contributed by atoms with Gasteiger partial charge in [0.05, 0.1) is 11.8 Å². The molecule has 1 aromatic heterocycles. The van der Waals surface area contributed by atoms with Crippen molar-refractivity contribution in [1.82, 2.24) is 14.8 Å². The molecule has 1 saturated carbocycles. The van der Waals surface area contributed by atoms with Crippen molar-refractivity contribution in [1.29, 1.82) is 0 Å². The fourth-order valence-electron chi connectivity index (χ4n) is 3.72. The van der Waals surface area contributed by atoms with E-state index in [1.165, 1.54) is 0 Å². The maximum atomic E-state index is 12.9. The molecule has 5 nitrogen and oxygen atoms in total. The average Bonchev–Trinajstić information content (AvgIpc) is 3.02. The lowest BCUT2D eigenvalue weighted by molar-refractivity contribution is -0.134. The van der Waals surface area contributed by atoms with E-state index in [0.717, 1.165) is 37.4 Å². The number of aromatic nitrogens is 1. The Bertz CT molecular complexity index is 597. The first-order chi connectivity index (χ1) is 11.5. The van der Waals surface area contributed by atoms with Crippen molar-refractivity contribution >= 4 is 34.9 Å². The molecule has 2 atom stereocenters. The summed E-state index contributed by atoms with van der Waals surface area (Å²) >= 11 is 3.21. The third kappa shape index (κ3) is 3.47. The number of thiazole rings is 1. The third-order valence-electron chi connectivity index (χ3n) is 5.50. The van der Waals surface area contributed by atoms with E-state index in [1.807, 2.05) is 23.5 Å². The van der Waals surface area contributed by atoms with Crippen LogP contribution in [0.4, 0.5) is 0 Å². The molecule has 2 amide bonds. The smallest absolute Gasteiger partial charge is 0.236 e. The van der Waals surface area contributed by atoms with Gasteiger partial charge in [0, 0.05) is 37.6 Å². The van der Waals surface area contributed by atoms with Crippen LogP contribution in [0.25, 0.3) is 0 Å². The minimum absolute atomic E-state index is 0.0279. The van der Waals surface area contributed by atoms with Crippen LogP contribution in [0.15, 0.2) is 11.6 Å². The molecule has 0 aromatic carbocycles. The molecule has 2 heterocycles. The zero-order chi connectivity index (χ0) is 17.3. The summed E-state index contributed by atoms with van der Waals surface area (Å²) in [6.07, 6.45) is 6.86. The summed E-state index contributed by atoms with van der Waals surface area (Å²) in [5.41, 5.74) is 0.219. The Labute approximate surface area is 151 Å². The molecule has 2 unspecified atom stereocenters. The minimum atomic E-state index is -0.0279. The summed E-state index contributed by atoms with van der Waals surface area (Å²) in [6.45, 7) is 5.88. The zero-order valence-electron chi connectivity index (χ0n) is 14.5. The minimum Gasteiger partial charge on any atom is -0.343 e. The molecule has 1 spiro atoms. The fourth-order valence-corrected chi connectivity index (χ4v) is 4.68. The van der Waals surface area contributed by atoms with E-state index in [-0.39, 0.29) is 22.5 Å². The second-order valence-electron chi connectivity index (χ2n) is 6.86. The van der Waals surface area contributed by atoms with E-state index in [1.54, 1.807) is 36.2 Å². The largest absolute Gasteiger partial charge is 0.343 e. The van der Waals surface area contributed by atoms with Gasteiger partial charge in [-0.25, -0.2) is 4.98 Å². The van der Waals surface area contributed by atoms with E-state index >= 15 is 0 Å². The number of likely N-dealkylation sites (tertiary alicyclic amines) is 1.